The standard InChI is InChI=1S/C25H22BF2N3O3S/c27-26(28)30-16-18(23-7-4-12-35-23)14-21(30)15-20-9-8-19(31(20)26)10-11-24(32)29-22(25(33)34)13-17-5-2-1-3-6-17/h1-9,12,14-16,22H,10-11,13H2,(H,29,32)(H,33,34)/t22-/m0/s1. The Labute approximate surface area is 204 Å². The average Bonchev–Trinajstić information content (AvgIpc) is 3.58. The molecular formula is C25H22BF2N3O3S. The molecule has 0 fully saturated rings. The molecule has 0 saturated carbocycles. The van der Waals surface area contributed by atoms with Crippen molar-refractivity contribution < 1.29 is 27.8 Å². The first-order chi connectivity index (χ1) is 16.8. The first kappa shape index (κ1) is 23.0. The highest BCUT2D eigenvalue weighted by Crippen LogP contribution is 2.35. The van der Waals surface area contributed by atoms with Gasteiger partial charge in [-0.05, 0) is 29.3 Å². The third-order valence-electron chi connectivity index (χ3n) is 6.18. The fourth-order valence-electron chi connectivity index (χ4n) is 4.50. The maximum absolute atomic E-state index is 15.6. The summed E-state index contributed by atoms with van der Waals surface area (Å²) in [6.07, 6.45) is 6.50. The normalized spacial score (nSPS) is 16.5. The van der Waals surface area contributed by atoms with Crippen LogP contribution in [0.2, 0.25) is 0 Å². The van der Waals surface area contributed by atoms with Crippen molar-refractivity contribution in [3.05, 3.63) is 89.2 Å². The van der Waals surface area contributed by atoms with Crippen molar-refractivity contribution in [1.82, 2.24) is 9.79 Å². The summed E-state index contributed by atoms with van der Waals surface area (Å²) in [5.74, 6) is -1.64. The lowest BCUT2D eigenvalue weighted by atomic mass is 9.91. The quantitative estimate of drug-likeness (QED) is 0.457. The number of nitrogens with one attached hydrogen (secondary N) is 1. The van der Waals surface area contributed by atoms with Gasteiger partial charge < -0.3 is 28.0 Å². The van der Waals surface area contributed by atoms with Gasteiger partial charge in [-0.1, -0.05) is 36.4 Å². The predicted octanol–water partition coefficient (Wildman–Crippen LogP) is 4.41. The SMILES string of the molecule is O=C(CCC1=[N+]2C(=Cc3cc(-c4cccs4)cn3[B-]2(F)F)C=C1)N[C@@H](Cc1ccccc1)C(=O)O. The Morgan fingerprint density at radius 1 is 1.14 bits per heavy atom. The zero-order valence-corrected chi connectivity index (χ0v) is 19.4. The average molecular weight is 493 g/mol. The van der Waals surface area contributed by atoms with Crippen molar-refractivity contribution >= 4 is 42.0 Å². The summed E-state index contributed by atoms with van der Waals surface area (Å²) in [6, 6.07) is 13.4. The van der Waals surface area contributed by atoms with Gasteiger partial charge in [-0.2, -0.15) is 0 Å². The van der Waals surface area contributed by atoms with Gasteiger partial charge in [0.25, 0.3) is 0 Å². The highest BCUT2D eigenvalue weighted by molar-refractivity contribution is 7.13. The Hall–Kier alpha value is -3.79. The fraction of sp³-hybridized carbons (Fsp3) is 0.160. The van der Waals surface area contributed by atoms with E-state index in [1.807, 2.05) is 23.6 Å². The minimum Gasteiger partial charge on any atom is -0.480 e. The van der Waals surface area contributed by atoms with Crippen molar-refractivity contribution in [2.24, 2.45) is 0 Å². The van der Waals surface area contributed by atoms with Gasteiger partial charge in [-0.15, -0.1) is 11.3 Å². The van der Waals surface area contributed by atoms with Crippen LogP contribution in [0.4, 0.5) is 8.63 Å². The second kappa shape index (κ2) is 9.11. The fourth-order valence-corrected chi connectivity index (χ4v) is 5.21. The van der Waals surface area contributed by atoms with E-state index in [1.165, 1.54) is 17.5 Å². The predicted molar refractivity (Wildman–Crippen MR) is 132 cm³/mol. The number of carbonyl (C=O) groups excluding carboxylic acids is 1. The number of hydrogen-bond acceptors (Lipinski definition) is 3. The summed E-state index contributed by atoms with van der Waals surface area (Å²) in [4.78, 5) is 25.1. The number of halogens is 2. The van der Waals surface area contributed by atoms with Crippen LogP contribution in [-0.2, 0) is 16.0 Å². The monoisotopic (exact) mass is 493 g/mol. The van der Waals surface area contributed by atoms with Gasteiger partial charge in [-0.25, -0.2) is 4.79 Å². The molecule has 2 aliphatic rings. The smallest absolute Gasteiger partial charge is 0.480 e. The molecule has 4 heterocycles. The van der Waals surface area contributed by atoms with Gasteiger partial charge in [0.1, 0.15) is 11.8 Å². The zero-order valence-electron chi connectivity index (χ0n) is 18.6. The van der Waals surface area contributed by atoms with Crippen molar-refractivity contribution in [1.29, 1.82) is 0 Å². The van der Waals surface area contributed by atoms with E-state index >= 15 is 8.63 Å². The lowest BCUT2D eigenvalue weighted by molar-refractivity contribution is -0.362. The van der Waals surface area contributed by atoms with Crippen molar-refractivity contribution in [2.75, 3.05) is 0 Å². The second-order valence-corrected chi connectivity index (χ2v) is 9.49. The Kier molecular flexibility index (Phi) is 5.98. The molecule has 0 aliphatic carbocycles. The summed E-state index contributed by atoms with van der Waals surface area (Å²) in [5, 5.41) is 13.9. The van der Waals surface area contributed by atoms with Gasteiger partial charge in [0, 0.05) is 53.6 Å². The van der Waals surface area contributed by atoms with E-state index in [0.717, 1.165) is 25.0 Å². The van der Waals surface area contributed by atoms with E-state index in [2.05, 4.69) is 5.32 Å². The van der Waals surface area contributed by atoms with Crippen LogP contribution in [0.25, 0.3) is 16.5 Å². The second-order valence-electron chi connectivity index (χ2n) is 8.54. The van der Waals surface area contributed by atoms with Crippen LogP contribution in [0, 0.1) is 0 Å². The molecule has 1 aromatic carbocycles. The first-order valence-electron chi connectivity index (χ1n) is 11.2. The topological polar surface area (TPSA) is 74.3 Å². The first-order valence-corrected chi connectivity index (χ1v) is 12.1. The number of fused-ring (bicyclic) bond motifs is 2. The number of rotatable bonds is 8. The molecule has 0 radical (unpaired) electrons. The molecule has 0 spiro atoms. The van der Waals surface area contributed by atoms with Crippen LogP contribution in [0.5, 0.6) is 0 Å². The summed E-state index contributed by atoms with van der Waals surface area (Å²) in [6.45, 7) is -4.14. The number of thiophene rings is 1. The molecule has 10 heteroatoms. The van der Waals surface area contributed by atoms with Crippen LogP contribution < -0.4 is 5.32 Å². The number of benzene rings is 1. The molecule has 0 bridgehead atoms. The van der Waals surface area contributed by atoms with E-state index in [0.29, 0.717) is 17.1 Å². The van der Waals surface area contributed by atoms with Gasteiger partial charge in [0.2, 0.25) is 5.91 Å². The Morgan fingerprint density at radius 2 is 1.94 bits per heavy atom. The number of nitrogens with zero attached hydrogens (tertiary/aromatic N) is 2. The molecule has 0 saturated heterocycles. The van der Waals surface area contributed by atoms with Gasteiger partial charge >= 0.3 is 12.9 Å². The van der Waals surface area contributed by atoms with Crippen molar-refractivity contribution in [3.8, 4) is 10.4 Å². The Bertz CT molecular complexity index is 1380. The Balaban J connectivity index is 1.31. The molecule has 2 N–H and O–H groups in total. The molecule has 178 valence electrons. The third kappa shape index (κ3) is 4.49. The van der Waals surface area contributed by atoms with E-state index < -0.39 is 24.9 Å². The molecule has 0 unspecified atom stereocenters. The highest BCUT2D eigenvalue weighted by atomic mass is 32.1. The molecule has 35 heavy (non-hydrogen) atoms. The lowest BCUT2D eigenvalue weighted by Crippen LogP contribution is -2.49. The number of aromatic nitrogens is 1. The number of carboxylic acids is 1. The van der Waals surface area contributed by atoms with Gasteiger partial charge in [-0.3, -0.25) is 4.79 Å². The van der Waals surface area contributed by atoms with Gasteiger partial charge in [0.15, 0.2) is 5.70 Å². The minimum absolute atomic E-state index is 0.0586. The van der Waals surface area contributed by atoms with Gasteiger partial charge in [0.05, 0.1) is 0 Å². The molecule has 2 aliphatic heterocycles. The molecule has 3 aromatic rings. The molecule has 6 nitrogen and oxygen atoms in total. The summed E-state index contributed by atoms with van der Waals surface area (Å²) >= 11 is 1.49. The van der Waals surface area contributed by atoms with Crippen LogP contribution in [0.1, 0.15) is 24.1 Å². The molecule has 1 amide bonds. The molecule has 5 rings (SSSR count). The number of carboxylic acid groups (broad SMARTS) is 1. The van der Waals surface area contributed by atoms with E-state index in [-0.39, 0.29) is 19.3 Å². The molecule has 2 aromatic heterocycles. The van der Waals surface area contributed by atoms with E-state index in [9.17, 15) is 14.7 Å². The van der Waals surface area contributed by atoms with E-state index in [1.54, 1.807) is 48.6 Å². The number of aliphatic carboxylic acids is 1. The van der Waals surface area contributed by atoms with Crippen LogP contribution in [0.3, 0.4) is 0 Å². The van der Waals surface area contributed by atoms with Crippen molar-refractivity contribution in [2.45, 2.75) is 25.3 Å². The maximum Gasteiger partial charge on any atom is 0.737 e. The summed E-state index contributed by atoms with van der Waals surface area (Å²) in [5.41, 5.74) is 2.64. The molecular weight excluding hydrogens is 471 g/mol. The highest BCUT2D eigenvalue weighted by Gasteiger charge is 2.51. The lowest BCUT2D eigenvalue weighted by Gasteiger charge is -2.28. The molecule has 1 atom stereocenters. The third-order valence-corrected chi connectivity index (χ3v) is 7.10. The van der Waals surface area contributed by atoms with E-state index in [4.69, 9.17) is 0 Å². The zero-order chi connectivity index (χ0) is 24.6. The summed E-state index contributed by atoms with van der Waals surface area (Å²) < 4.78 is 33.2. The Morgan fingerprint density at radius 3 is 2.66 bits per heavy atom. The number of allylic oxidation sites excluding steroid dienone is 2. The number of hydrogen-bond donors (Lipinski definition) is 2. The minimum atomic E-state index is -4.14. The maximum atomic E-state index is 15.6. The number of carbonyl (C=O) groups is 2. The summed E-state index contributed by atoms with van der Waals surface area (Å²) in [7, 11) is 0. The van der Waals surface area contributed by atoms with Crippen LogP contribution >= 0.6 is 11.3 Å². The largest absolute Gasteiger partial charge is 0.737 e. The van der Waals surface area contributed by atoms with Crippen LogP contribution in [-0.4, -0.2) is 44.7 Å². The van der Waals surface area contributed by atoms with Crippen LogP contribution in [0.15, 0.2) is 78.0 Å². The number of amides is 1. The van der Waals surface area contributed by atoms with Crippen molar-refractivity contribution in [3.63, 3.8) is 0 Å².